The van der Waals surface area contributed by atoms with Gasteiger partial charge >= 0.3 is 11.9 Å². The average Bonchev–Trinajstić information content (AvgIpc) is 3.15. The van der Waals surface area contributed by atoms with E-state index in [0.717, 1.165) is 32.7 Å². The number of carbonyl (C=O) groups excluding carboxylic acids is 2. The summed E-state index contributed by atoms with van der Waals surface area (Å²) >= 11 is 1.50. The summed E-state index contributed by atoms with van der Waals surface area (Å²) in [5.74, 6) is 1.26. The predicted molar refractivity (Wildman–Crippen MR) is 190 cm³/mol. The van der Waals surface area contributed by atoms with Crippen molar-refractivity contribution in [3.8, 4) is 23.0 Å². The summed E-state index contributed by atoms with van der Waals surface area (Å²) < 4.78 is 35.8. The second kappa shape index (κ2) is 18.0. The molecular weight excluding hydrogens is 640 g/mol. The number of hydrogen-bond acceptors (Lipinski definition) is 9. The highest BCUT2D eigenvalue weighted by atomic mass is 32.2. The van der Waals surface area contributed by atoms with Crippen LogP contribution in [0.1, 0.15) is 0 Å². The van der Waals surface area contributed by atoms with E-state index in [1.165, 1.54) is 11.8 Å². The Bertz CT molecular complexity index is 1830. The van der Waals surface area contributed by atoms with E-state index >= 15 is 0 Å². The minimum absolute atomic E-state index is 0.00929. The monoisotopic (exact) mass is 676 g/mol. The highest BCUT2D eigenvalue weighted by Crippen LogP contribution is 2.44. The zero-order valence-corrected chi connectivity index (χ0v) is 27.6. The lowest BCUT2D eigenvalue weighted by Crippen LogP contribution is -2.31. The largest absolute Gasteiger partial charge is 0.490 e. The second-order valence-corrected chi connectivity index (χ2v) is 11.7. The molecule has 250 valence electrons. The highest BCUT2D eigenvalue weighted by Gasteiger charge is 2.22. The first-order chi connectivity index (χ1) is 24.0. The quantitative estimate of drug-likeness (QED) is 0.0675. The maximum absolute atomic E-state index is 12.2. The number of ether oxygens (including phenoxy) is 6. The fourth-order valence-corrected chi connectivity index (χ4v) is 5.65. The molecular formula is C40H36O8S. The first-order valence-electron chi connectivity index (χ1n) is 15.6. The molecule has 0 saturated carbocycles. The van der Waals surface area contributed by atoms with E-state index in [1.807, 2.05) is 121 Å². The normalized spacial score (nSPS) is 11.8. The molecule has 5 aromatic carbocycles. The first-order valence-corrected chi connectivity index (χ1v) is 16.4. The van der Waals surface area contributed by atoms with Gasteiger partial charge in [-0.15, -0.1) is 0 Å². The molecule has 0 bridgehead atoms. The third kappa shape index (κ3) is 10.4. The molecule has 0 aliphatic heterocycles. The molecule has 49 heavy (non-hydrogen) atoms. The fourth-order valence-electron chi connectivity index (χ4n) is 4.68. The Labute approximate surface area is 289 Å². The number of benzene rings is 5. The molecule has 9 heteroatoms. The SMILES string of the molecule is C=CC(=O)OC(COc1ccccc1)COc1cc(Sc2ccccc2)c(OCC(COc2ccccc2)OC(=O)C=C)c2ccccc12. The standard InChI is InChI=1S/C40H36O8S/c1-3-38(41)47-31(25-43-29-16-8-5-9-17-29)27-45-36-24-37(49-33-20-12-7-13-21-33)40(35-23-15-14-22-34(35)36)46-28-32(48-39(42)4-2)26-44-30-18-10-6-11-19-30/h3-24,31-32H,1-2,25-28H2. The predicted octanol–water partition coefficient (Wildman–Crippen LogP) is 8.10. The Hall–Kier alpha value is -5.67. The molecule has 0 saturated heterocycles. The third-order valence-electron chi connectivity index (χ3n) is 6.99. The Kier molecular flexibility index (Phi) is 12.8. The van der Waals surface area contributed by atoms with E-state index in [9.17, 15) is 9.59 Å². The van der Waals surface area contributed by atoms with Crippen LogP contribution in [0.4, 0.5) is 0 Å². The van der Waals surface area contributed by atoms with Crippen molar-refractivity contribution in [2.24, 2.45) is 0 Å². The molecule has 2 atom stereocenters. The molecule has 0 radical (unpaired) electrons. The van der Waals surface area contributed by atoms with Crippen LogP contribution in [0.15, 0.2) is 156 Å². The number of rotatable bonds is 18. The second-order valence-electron chi connectivity index (χ2n) is 10.6. The van der Waals surface area contributed by atoms with Crippen LogP contribution in [0.25, 0.3) is 10.8 Å². The summed E-state index contributed by atoms with van der Waals surface area (Å²) in [4.78, 5) is 26.2. The van der Waals surface area contributed by atoms with Crippen LogP contribution in [-0.2, 0) is 19.1 Å². The van der Waals surface area contributed by atoms with Crippen LogP contribution >= 0.6 is 11.8 Å². The summed E-state index contributed by atoms with van der Waals surface area (Å²) in [6, 6.07) is 37.9. The third-order valence-corrected chi connectivity index (χ3v) is 8.02. The molecule has 8 nitrogen and oxygen atoms in total. The molecule has 5 rings (SSSR count). The van der Waals surface area contributed by atoms with Crippen LogP contribution in [0.3, 0.4) is 0 Å². The van der Waals surface area contributed by atoms with Gasteiger partial charge in [0.05, 0.1) is 4.90 Å². The molecule has 0 fully saturated rings. The van der Waals surface area contributed by atoms with Gasteiger partial charge in [0, 0.05) is 27.8 Å². The van der Waals surface area contributed by atoms with Crippen molar-refractivity contribution < 1.29 is 38.0 Å². The minimum atomic E-state index is -0.736. The Morgan fingerprint density at radius 3 is 1.55 bits per heavy atom. The van der Waals surface area contributed by atoms with Gasteiger partial charge in [-0.1, -0.05) is 104 Å². The van der Waals surface area contributed by atoms with Crippen LogP contribution in [0, 0.1) is 0 Å². The smallest absolute Gasteiger partial charge is 0.330 e. The van der Waals surface area contributed by atoms with Crippen LogP contribution in [-0.4, -0.2) is 50.6 Å². The van der Waals surface area contributed by atoms with Crippen molar-refractivity contribution in [1.82, 2.24) is 0 Å². The van der Waals surface area contributed by atoms with Gasteiger partial charge in [0.25, 0.3) is 0 Å². The topological polar surface area (TPSA) is 89.5 Å². The van der Waals surface area contributed by atoms with Gasteiger partial charge in [-0.05, 0) is 42.5 Å². The van der Waals surface area contributed by atoms with Gasteiger partial charge < -0.3 is 28.4 Å². The van der Waals surface area contributed by atoms with E-state index in [1.54, 1.807) is 0 Å². The van der Waals surface area contributed by atoms with E-state index in [4.69, 9.17) is 28.4 Å². The van der Waals surface area contributed by atoms with Crippen molar-refractivity contribution in [2.75, 3.05) is 26.4 Å². The summed E-state index contributed by atoms with van der Waals surface area (Å²) in [6.45, 7) is 7.21. The van der Waals surface area contributed by atoms with E-state index in [-0.39, 0.29) is 26.4 Å². The zero-order chi connectivity index (χ0) is 34.3. The van der Waals surface area contributed by atoms with Crippen molar-refractivity contribution in [1.29, 1.82) is 0 Å². The van der Waals surface area contributed by atoms with Crippen molar-refractivity contribution in [3.63, 3.8) is 0 Å². The molecule has 0 aromatic heterocycles. The maximum atomic E-state index is 12.2. The fraction of sp³-hybridized carbons (Fsp3) is 0.150. The van der Waals surface area contributed by atoms with Crippen LogP contribution < -0.4 is 18.9 Å². The summed E-state index contributed by atoms with van der Waals surface area (Å²) in [5, 5.41) is 1.55. The molecule has 0 N–H and O–H groups in total. The molecule has 0 spiro atoms. The molecule has 2 unspecified atom stereocenters. The van der Waals surface area contributed by atoms with Gasteiger partial charge in [-0.25, -0.2) is 9.59 Å². The van der Waals surface area contributed by atoms with Crippen molar-refractivity contribution in [2.45, 2.75) is 22.0 Å². The molecule has 0 amide bonds. The summed E-state index contributed by atoms with van der Waals surface area (Å²) in [6.07, 6.45) is 0.754. The average molecular weight is 677 g/mol. The number of para-hydroxylation sites is 2. The van der Waals surface area contributed by atoms with Gasteiger partial charge in [0.15, 0.2) is 12.2 Å². The summed E-state index contributed by atoms with van der Waals surface area (Å²) in [5.41, 5.74) is 0. The minimum Gasteiger partial charge on any atom is -0.490 e. The van der Waals surface area contributed by atoms with Gasteiger partial charge in [-0.2, -0.15) is 0 Å². The van der Waals surface area contributed by atoms with E-state index < -0.39 is 24.1 Å². The van der Waals surface area contributed by atoms with Crippen molar-refractivity contribution >= 4 is 34.5 Å². The first kappa shape index (κ1) is 34.7. The molecule has 0 heterocycles. The number of hydrogen-bond donors (Lipinski definition) is 0. The van der Waals surface area contributed by atoms with Crippen molar-refractivity contribution in [3.05, 3.63) is 147 Å². The lowest BCUT2D eigenvalue weighted by Gasteiger charge is -2.22. The zero-order valence-electron chi connectivity index (χ0n) is 26.8. The van der Waals surface area contributed by atoms with Crippen LogP contribution in [0.5, 0.6) is 23.0 Å². The number of carbonyl (C=O) groups is 2. The van der Waals surface area contributed by atoms with Gasteiger partial charge in [0.1, 0.15) is 49.4 Å². The molecule has 0 aliphatic carbocycles. The van der Waals surface area contributed by atoms with Gasteiger partial charge in [-0.3, -0.25) is 0 Å². The Morgan fingerprint density at radius 1 is 0.571 bits per heavy atom. The molecule has 0 aliphatic rings. The van der Waals surface area contributed by atoms with Crippen LogP contribution in [0.2, 0.25) is 0 Å². The van der Waals surface area contributed by atoms with Gasteiger partial charge in [0.2, 0.25) is 0 Å². The number of esters is 2. The van der Waals surface area contributed by atoms with E-state index in [0.29, 0.717) is 23.0 Å². The van der Waals surface area contributed by atoms with E-state index in [2.05, 4.69) is 13.2 Å². The molecule has 5 aromatic rings. The lowest BCUT2D eigenvalue weighted by molar-refractivity contribution is -0.147. The highest BCUT2D eigenvalue weighted by molar-refractivity contribution is 7.99. The Morgan fingerprint density at radius 2 is 1.02 bits per heavy atom. The Balaban J connectivity index is 1.43. The summed E-state index contributed by atoms with van der Waals surface area (Å²) in [7, 11) is 0. The lowest BCUT2D eigenvalue weighted by atomic mass is 10.1. The maximum Gasteiger partial charge on any atom is 0.330 e. The number of fused-ring (bicyclic) bond motifs is 1.